The van der Waals surface area contributed by atoms with Crippen LogP contribution >= 0.6 is 24.0 Å². The van der Waals surface area contributed by atoms with Gasteiger partial charge >= 0.3 is 0 Å². The number of likely N-dealkylation sites (tertiary alicyclic amines) is 1. The van der Waals surface area contributed by atoms with Gasteiger partial charge in [-0.05, 0) is 31.6 Å². The molecule has 23 heavy (non-hydrogen) atoms. The van der Waals surface area contributed by atoms with Gasteiger partial charge < -0.3 is 20.9 Å². The lowest BCUT2D eigenvalue weighted by Gasteiger charge is -2.33. The highest BCUT2D eigenvalue weighted by atomic mass is 127. The average molecular weight is 437 g/mol. The maximum Gasteiger partial charge on any atom is 0.239 e. The lowest BCUT2D eigenvalue weighted by molar-refractivity contribution is -0.122. The first kappa shape index (κ1) is 20.0. The van der Waals surface area contributed by atoms with Gasteiger partial charge in [0.05, 0.1) is 6.54 Å². The van der Waals surface area contributed by atoms with Crippen LogP contribution < -0.4 is 16.0 Å². The van der Waals surface area contributed by atoms with E-state index in [0.717, 1.165) is 44.7 Å². The van der Waals surface area contributed by atoms with Gasteiger partial charge in [-0.25, -0.2) is 0 Å². The standard InChI is InChI=1S/C15H27N5O2.HI/c1-16-13(21)9-11-5-7-20(8-6-11)15(17-2)18-10-14(22)19-12-3-4-12;/h11-12H,3-10H2,1-2H3,(H,16,21)(H,17,18)(H,19,22);1H. The Morgan fingerprint density at radius 3 is 2.30 bits per heavy atom. The second kappa shape index (κ2) is 9.94. The van der Waals surface area contributed by atoms with Crippen LogP contribution in [0.15, 0.2) is 4.99 Å². The molecule has 0 radical (unpaired) electrons. The zero-order chi connectivity index (χ0) is 15.9. The van der Waals surface area contributed by atoms with Crippen molar-refractivity contribution in [3.8, 4) is 0 Å². The van der Waals surface area contributed by atoms with Gasteiger partial charge in [-0.3, -0.25) is 14.6 Å². The summed E-state index contributed by atoms with van der Waals surface area (Å²) in [5.41, 5.74) is 0. The van der Waals surface area contributed by atoms with Gasteiger partial charge in [-0.2, -0.15) is 0 Å². The van der Waals surface area contributed by atoms with Crippen LogP contribution in [-0.4, -0.2) is 62.4 Å². The second-order valence-electron chi connectivity index (χ2n) is 6.05. The molecule has 2 fully saturated rings. The van der Waals surface area contributed by atoms with E-state index >= 15 is 0 Å². The highest BCUT2D eigenvalue weighted by molar-refractivity contribution is 14.0. The van der Waals surface area contributed by atoms with E-state index in [1.807, 2.05) is 0 Å². The summed E-state index contributed by atoms with van der Waals surface area (Å²) in [5, 5.41) is 8.75. The summed E-state index contributed by atoms with van der Waals surface area (Å²) >= 11 is 0. The van der Waals surface area contributed by atoms with Gasteiger partial charge in [0.1, 0.15) is 0 Å². The van der Waals surface area contributed by atoms with Crippen LogP contribution in [0.4, 0.5) is 0 Å². The quantitative estimate of drug-likeness (QED) is 0.328. The molecule has 2 aliphatic rings. The van der Waals surface area contributed by atoms with E-state index in [1.165, 1.54) is 0 Å². The molecule has 0 spiro atoms. The zero-order valence-corrected chi connectivity index (χ0v) is 16.3. The Kier molecular flexibility index (Phi) is 8.64. The summed E-state index contributed by atoms with van der Waals surface area (Å²) < 4.78 is 0. The molecule has 0 aromatic heterocycles. The van der Waals surface area contributed by atoms with Crippen molar-refractivity contribution in [1.82, 2.24) is 20.9 Å². The van der Waals surface area contributed by atoms with Gasteiger partial charge in [-0.15, -0.1) is 24.0 Å². The summed E-state index contributed by atoms with van der Waals surface area (Å²) in [4.78, 5) is 29.5. The van der Waals surface area contributed by atoms with E-state index in [2.05, 4.69) is 25.8 Å². The fourth-order valence-corrected chi connectivity index (χ4v) is 2.71. The molecule has 132 valence electrons. The second-order valence-corrected chi connectivity index (χ2v) is 6.05. The number of hydrogen-bond acceptors (Lipinski definition) is 3. The van der Waals surface area contributed by atoms with Crippen molar-refractivity contribution in [2.24, 2.45) is 10.9 Å². The van der Waals surface area contributed by atoms with Crippen molar-refractivity contribution < 1.29 is 9.59 Å². The molecule has 2 rings (SSSR count). The monoisotopic (exact) mass is 437 g/mol. The predicted molar refractivity (Wildman–Crippen MR) is 101 cm³/mol. The molecule has 0 unspecified atom stereocenters. The summed E-state index contributed by atoms with van der Waals surface area (Å²) in [6.07, 6.45) is 4.74. The van der Waals surface area contributed by atoms with E-state index in [9.17, 15) is 9.59 Å². The Bertz CT molecular complexity index is 432. The van der Waals surface area contributed by atoms with E-state index in [1.54, 1.807) is 14.1 Å². The number of amides is 2. The van der Waals surface area contributed by atoms with E-state index < -0.39 is 0 Å². The molecule has 8 heteroatoms. The third-order valence-corrected chi connectivity index (χ3v) is 4.23. The molecular weight excluding hydrogens is 409 g/mol. The fraction of sp³-hybridized carbons (Fsp3) is 0.800. The Labute approximate surface area is 155 Å². The van der Waals surface area contributed by atoms with Crippen LogP contribution in [0.25, 0.3) is 0 Å². The number of nitrogens with zero attached hydrogens (tertiary/aromatic N) is 2. The number of piperidine rings is 1. The normalized spacial score (nSPS) is 18.9. The molecule has 1 heterocycles. The van der Waals surface area contributed by atoms with Crippen LogP contribution in [0.1, 0.15) is 32.1 Å². The SMILES string of the molecule is CN=C(NCC(=O)NC1CC1)N1CCC(CC(=O)NC)CC1.I. The van der Waals surface area contributed by atoms with Gasteiger partial charge in [0, 0.05) is 39.6 Å². The molecule has 1 saturated carbocycles. The number of hydrogen-bond donors (Lipinski definition) is 3. The predicted octanol–water partition coefficient (Wildman–Crippen LogP) is 0.307. The first-order valence-corrected chi connectivity index (χ1v) is 8.08. The van der Waals surface area contributed by atoms with E-state index in [0.29, 0.717) is 18.4 Å². The van der Waals surface area contributed by atoms with E-state index in [-0.39, 0.29) is 42.3 Å². The maximum absolute atomic E-state index is 11.7. The number of guanidine groups is 1. The highest BCUT2D eigenvalue weighted by Crippen LogP contribution is 2.20. The Morgan fingerprint density at radius 1 is 1.13 bits per heavy atom. The van der Waals surface area contributed by atoms with Crippen molar-refractivity contribution in [3.05, 3.63) is 0 Å². The first-order valence-electron chi connectivity index (χ1n) is 8.08. The van der Waals surface area contributed by atoms with Gasteiger partial charge in [0.15, 0.2) is 5.96 Å². The fourth-order valence-electron chi connectivity index (χ4n) is 2.71. The third kappa shape index (κ3) is 6.92. The number of carbonyl (C=O) groups excluding carboxylic acids is 2. The summed E-state index contributed by atoms with van der Waals surface area (Å²) in [5.74, 6) is 1.34. The number of nitrogens with one attached hydrogen (secondary N) is 3. The van der Waals surface area contributed by atoms with Crippen molar-refractivity contribution in [2.45, 2.75) is 38.1 Å². The third-order valence-electron chi connectivity index (χ3n) is 4.23. The average Bonchev–Trinajstić information content (AvgIpc) is 3.33. The van der Waals surface area contributed by atoms with Crippen molar-refractivity contribution in [3.63, 3.8) is 0 Å². The summed E-state index contributed by atoms with van der Waals surface area (Å²) in [7, 11) is 3.41. The largest absolute Gasteiger partial charge is 0.359 e. The van der Waals surface area contributed by atoms with Gasteiger partial charge in [0.25, 0.3) is 0 Å². The molecule has 0 bridgehead atoms. The highest BCUT2D eigenvalue weighted by Gasteiger charge is 2.25. The number of halogens is 1. The zero-order valence-electron chi connectivity index (χ0n) is 13.9. The molecule has 3 N–H and O–H groups in total. The molecule has 1 saturated heterocycles. The van der Waals surface area contributed by atoms with Crippen LogP contribution in [-0.2, 0) is 9.59 Å². The smallest absolute Gasteiger partial charge is 0.239 e. The lowest BCUT2D eigenvalue weighted by Crippen LogP contribution is -2.48. The van der Waals surface area contributed by atoms with Crippen LogP contribution in [0.2, 0.25) is 0 Å². The molecule has 1 aliphatic heterocycles. The van der Waals surface area contributed by atoms with Crippen LogP contribution in [0, 0.1) is 5.92 Å². The van der Waals surface area contributed by atoms with E-state index in [4.69, 9.17) is 0 Å². The van der Waals surface area contributed by atoms with Crippen molar-refractivity contribution >= 4 is 41.8 Å². The summed E-state index contributed by atoms with van der Waals surface area (Å²) in [6.45, 7) is 2.00. The van der Waals surface area contributed by atoms with Gasteiger partial charge in [0.2, 0.25) is 11.8 Å². The topological polar surface area (TPSA) is 85.8 Å². The molecule has 0 atom stereocenters. The van der Waals surface area contributed by atoms with Crippen LogP contribution in [0.5, 0.6) is 0 Å². The first-order chi connectivity index (χ1) is 10.6. The van der Waals surface area contributed by atoms with Gasteiger partial charge in [-0.1, -0.05) is 0 Å². The molecular formula is C15H28IN5O2. The molecule has 1 aliphatic carbocycles. The minimum atomic E-state index is 0. The molecule has 2 amide bonds. The summed E-state index contributed by atoms with van der Waals surface area (Å²) in [6, 6.07) is 0.386. The van der Waals surface area contributed by atoms with Crippen molar-refractivity contribution in [2.75, 3.05) is 33.7 Å². The Morgan fingerprint density at radius 2 is 1.78 bits per heavy atom. The number of rotatable bonds is 5. The molecule has 0 aromatic rings. The Hall–Kier alpha value is -1.06. The minimum Gasteiger partial charge on any atom is -0.359 e. The maximum atomic E-state index is 11.7. The van der Waals surface area contributed by atoms with Crippen molar-refractivity contribution in [1.29, 1.82) is 0 Å². The lowest BCUT2D eigenvalue weighted by atomic mass is 9.93. The van der Waals surface area contributed by atoms with Crippen LogP contribution in [0.3, 0.4) is 0 Å². The Balaban J connectivity index is 0.00000264. The molecule has 0 aromatic carbocycles. The number of carbonyl (C=O) groups is 2. The minimum absolute atomic E-state index is 0. The number of aliphatic imine (C=N–C) groups is 1. The molecule has 7 nitrogen and oxygen atoms in total.